The fourth-order valence-electron chi connectivity index (χ4n) is 2.39. The van der Waals surface area contributed by atoms with Gasteiger partial charge in [-0.15, -0.1) is 0 Å². The lowest BCUT2D eigenvalue weighted by atomic mass is 10.3. The van der Waals surface area contributed by atoms with Crippen LogP contribution in [-0.2, 0) is 14.3 Å². The first-order chi connectivity index (χ1) is 9.19. The number of nitrogens with one attached hydrogen (secondary N) is 1. The summed E-state index contributed by atoms with van der Waals surface area (Å²) in [5.41, 5.74) is 0. The number of piperazine rings is 1. The summed E-state index contributed by atoms with van der Waals surface area (Å²) in [5, 5.41) is 2.75. The Bertz CT molecular complexity index is 323. The van der Waals surface area contributed by atoms with E-state index in [-0.39, 0.29) is 18.3 Å². The van der Waals surface area contributed by atoms with Crippen LogP contribution in [-0.4, -0.2) is 74.1 Å². The van der Waals surface area contributed by atoms with Crippen LogP contribution in [0.15, 0.2) is 0 Å². The highest BCUT2D eigenvalue weighted by molar-refractivity contribution is 5.78. The van der Waals surface area contributed by atoms with E-state index in [0.29, 0.717) is 13.1 Å². The second-order valence-electron chi connectivity index (χ2n) is 5.22. The molecular formula is C13H23N3O3. The van der Waals surface area contributed by atoms with Gasteiger partial charge >= 0.3 is 5.97 Å². The van der Waals surface area contributed by atoms with E-state index in [1.807, 2.05) is 0 Å². The maximum atomic E-state index is 11.7. The SMILES string of the molecule is COC(=O)CCNC(=O)CN1CCN(C2CC2)CC1. The maximum Gasteiger partial charge on any atom is 0.307 e. The molecule has 0 bridgehead atoms. The van der Waals surface area contributed by atoms with Crippen molar-refractivity contribution in [3.8, 4) is 0 Å². The van der Waals surface area contributed by atoms with Crippen LogP contribution in [0.25, 0.3) is 0 Å². The summed E-state index contributed by atoms with van der Waals surface area (Å²) < 4.78 is 4.52. The van der Waals surface area contributed by atoms with E-state index in [4.69, 9.17) is 0 Å². The zero-order valence-corrected chi connectivity index (χ0v) is 11.6. The van der Waals surface area contributed by atoms with Crippen LogP contribution in [0.4, 0.5) is 0 Å². The number of ether oxygens (including phenoxy) is 1. The number of nitrogens with zero attached hydrogens (tertiary/aromatic N) is 2. The molecule has 1 amide bonds. The van der Waals surface area contributed by atoms with Gasteiger partial charge in [0.1, 0.15) is 0 Å². The molecule has 1 aliphatic heterocycles. The number of carbonyl (C=O) groups excluding carboxylic acids is 2. The van der Waals surface area contributed by atoms with Gasteiger partial charge in [0.15, 0.2) is 0 Å². The topological polar surface area (TPSA) is 61.9 Å². The normalized spacial score (nSPS) is 21.1. The van der Waals surface area contributed by atoms with Gasteiger partial charge in [-0.1, -0.05) is 0 Å². The second kappa shape index (κ2) is 6.86. The predicted octanol–water partition coefficient (Wildman–Crippen LogP) is -0.554. The predicted molar refractivity (Wildman–Crippen MR) is 70.7 cm³/mol. The average Bonchev–Trinajstić information content (AvgIpc) is 3.24. The highest BCUT2D eigenvalue weighted by Gasteiger charge is 2.31. The quantitative estimate of drug-likeness (QED) is 0.655. The molecule has 1 saturated heterocycles. The van der Waals surface area contributed by atoms with Crippen molar-refractivity contribution in [2.45, 2.75) is 25.3 Å². The third kappa shape index (κ3) is 4.80. The molecule has 0 atom stereocenters. The summed E-state index contributed by atoms with van der Waals surface area (Å²) >= 11 is 0. The number of rotatable bonds is 6. The van der Waals surface area contributed by atoms with Gasteiger partial charge in [-0.2, -0.15) is 0 Å². The summed E-state index contributed by atoms with van der Waals surface area (Å²) in [7, 11) is 1.35. The first kappa shape index (κ1) is 14.3. The molecule has 0 unspecified atom stereocenters. The Hall–Kier alpha value is -1.14. The summed E-state index contributed by atoms with van der Waals surface area (Å²) in [6.45, 7) is 4.84. The Morgan fingerprint density at radius 1 is 1.21 bits per heavy atom. The van der Waals surface area contributed by atoms with Crippen LogP contribution in [0, 0.1) is 0 Å². The molecule has 0 radical (unpaired) electrons. The van der Waals surface area contributed by atoms with Gasteiger partial charge in [-0.3, -0.25) is 19.4 Å². The molecule has 2 aliphatic rings. The molecule has 1 aliphatic carbocycles. The zero-order valence-electron chi connectivity index (χ0n) is 11.6. The van der Waals surface area contributed by atoms with Crippen LogP contribution < -0.4 is 5.32 Å². The third-order valence-corrected chi connectivity index (χ3v) is 3.72. The first-order valence-corrected chi connectivity index (χ1v) is 6.99. The van der Waals surface area contributed by atoms with Crippen molar-refractivity contribution in [3.63, 3.8) is 0 Å². The van der Waals surface area contributed by atoms with Gasteiger partial charge in [0.2, 0.25) is 5.91 Å². The number of esters is 1. The summed E-state index contributed by atoms with van der Waals surface area (Å²) in [6, 6.07) is 0.816. The number of hydrogen-bond donors (Lipinski definition) is 1. The molecule has 19 heavy (non-hydrogen) atoms. The highest BCUT2D eigenvalue weighted by atomic mass is 16.5. The van der Waals surface area contributed by atoms with E-state index in [0.717, 1.165) is 32.2 Å². The minimum Gasteiger partial charge on any atom is -0.469 e. The van der Waals surface area contributed by atoms with E-state index < -0.39 is 0 Å². The summed E-state index contributed by atoms with van der Waals surface area (Å²) in [6.07, 6.45) is 2.92. The van der Waals surface area contributed by atoms with E-state index in [1.165, 1.54) is 20.0 Å². The van der Waals surface area contributed by atoms with Gasteiger partial charge in [0.25, 0.3) is 0 Å². The lowest BCUT2D eigenvalue weighted by molar-refractivity contribution is -0.140. The van der Waals surface area contributed by atoms with E-state index in [1.54, 1.807) is 0 Å². The molecule has 108 valence electrons. The summed E-state index contributed by atoms with van der Waals surface area (Å²) in [5.74, 6) is -0.304. The molecule has 1 saturated carbocycles. The van der Waals surface area contributed by atoms with E-state index in [2.05, 4.69) is 19.9 Å². The van der Waals surface area contributed by atoms with Crippen LogP contribution in [0.5, 0.6) is 0 Å². The van der Waals surface area contributed by atoms with Gasteiger partial charge in [-0.25, -0.2) is 0 Å². The Morgan fingerprint density at radius 3 is 2.47 bits per heavy atom. The first-order valence-electron chi connectivity index (χ1n) is 6.99. The number of carbonyl (C=O) groups is 2. The minimum atomic E-state index is -0.293. The number of hydrogen-bond acceptors (Lipinski definition) is 5. The molecule has 1 heterocycles. The minimum absolute atomic E-state index is 0.0104. The van der Waals surface area contributed by atoms with Gasteiger partial charge in [0.05, 0.1) is 20.1 Å². The average molecular weight is 269 g/mol. The van der Waals surface area contributed by atoms with Crippen molar-refractivity contribution in [2.75, 3.05) is 46.4 Å². The molecule has 0 aromatic rings. The van der Waals surface area contributed by atoms with E-state index in [9.17, 15) is 9.59 Å². The van der Waals surface area contributed by atoms with Crippen molar-refractivity contribution in [2.24, 2.45) is 0 Å². The smallest absolute Gasteiger partial charge is 0.307 e. The molecule has 0 aromatic carbocycles. The Kier molecular flexibility index (Phi) is 5.15. The number of amides is 1. The fraction of sp³-hybridized carbons (Fsp3) is 0.846. The van der Waals surface area contributed by atoms with Crippen LogP contribution in [0.1, 0.15) is 19.3 Å². The van der Waals surface area contributed by atoms with Crippen LogP contribution >= 0.6 is 0 Å². The van der Waals surface area contributed by atoms with Crippen molar-refractivity contribution < 1.29 is 14.3 Å². The lowest BCUT2D eigenvalue weighted by Crippen LogP contribution is -2.50. The molecule has 0 aromatic heterocycles. The lowest BCUT2D eigenvalue weighted by Gasteiger charge is -2.34. The molecule has 2 rings (SSSR count). The van der Waals surface area contributed by atoms with Crippen LogP contribution in [0.3, 0.4) is 0 Å². The van der Waals surface area contributed by atoms with Gasteiger partial charge < -0.3 is 10.1 Å². The molecule has 0 spiro atoms. The van der Waals surface area contributed by atoms with Crippen LogP contribution in [0.2, 0.25) is 0 Å². The standard InChI is InChI=1S/C13H23N3O3/c1-19-13(18)4-5-14-12(17)10-15-6-8-16(9-7-15)11-2-3-11/h11H,2-10H2,1H3,(H,14,17). The Morgan fingerprint density at radius 2 is 1.89 bits per heavy atom. The fourth-order valence-corrected chi connectivity index (χ4v) is 2.39. The third-order valence-electron chi connectivity index (χ3n) is 3.72. The molecule has 6 nitrogen and oxygen atoms in total. The van der Waals surface area contributed by atoms with Crippen molar-refractivity contribution in [3.05, 3.63) is 0 Å². The molecule has 2 fully saturated rings. The second-order valence-corrected chi connectivity index (χ2v) is 5.22. The van der Waals surface area contributed by atoms with Crippen molar-refractivity contribution >= 4 is 11.9 Å². The van der Waals surface area contributed by atoms with E-state index >= 15 is 0 Å². The Labute approximate surface area is 114 Å². The monoisotopic (exact) mass is 269 g/mol. The van der Waals surface area contributed by atoms with Gasteiger partial charge in [0, 0.05) is 38.8 Å². The zero-order chi connectivity index (χ0) is 13.7. The highest BCUT2D eigenvalue weighted by Crippen LogP contribution is 2.27. The largest absolute Gasteiger partial charge is 0.469 e. The molecular weight excluding hydrogens is 246 g/mol. The molecule has 1 N–H and O–H groups in total. The number of methoxy groups -OCH3 is 1. The Balaban J connectivity index is 1.56. The maximum absolute atomic E-state index is 11.7. The van der Waals surface area contributed by atoms with Crippen molar-refractivity contribution in [1.82, 2.24) is 15.1 Å². The summed E-state index contributed by atoms with van der Waals surface area (Å²) in [4.78, 5) is 27.3. The van der Waals surface area contributed by atoms with Crippen molar-refractivity contribution in [1.29, 1.82) is 0 Å². The van der Waals surface area contributed by atoms with Gasteiger partial charge in [-0.05, 0) is 12.8 Å². The molecule has 6 heteroatoms.